The van der Waals surface area contributed by atoms with Crippen molar-refractivity contribution in [2.45, 2.75) is 31.7 Å². The number of nitriles is 1. The maximum absolute atomic E-state index is 12.8. The van der Waals surface area contributed by atoms with Gasteiger partial charge in [0.05, 0.1) is 18.2 Å². The summed E-state index contributed by atoms with van der Waals surface area (Å²) in [4.78, 5) is 26.7. The van der Waals surface area contributed by atoms with E-state index in [1.807, 2.05) is 17.0 Å². The van der Waals surface area contributed by atoms with E-state index in [1.165, 1.54) is 0 Å². The lowest BCUT2D eigenvalue weighted by Crippen LogP contribution is -2.41. The molecule has 1 saturated carbocycles. The SMILES string of the molecule is N#Cc1ccc(C(=O)N2CCC[C@@H](COc3ccc(C(=O)NC4CC4)cc3)C2)cc1. The number of hydrogen-bond acceptors (Lipinski definition) is 4. The fourth-order valence-electron chi connectivity index (χ4n) is 3.67. The standard InChI is InChI=1S/C24H25N3O3/c25-14-17-3-5-20(6-4-17)24(29)27-13-1-2-18(15-27)16-30-22-11-7-19(8-12-22)23(28)26-21-9-10-21/h3-8,11-12,18,21H,1-2,9-10,13,15-16H2,(H,26,28)/t18-/m1/s1. The molecule has 1 aliphatic heterocycles. The van der Waals surface area contributed by atoms with E-state index in [-0.39, 0.29) is 17.7 Å². The number of piperidine rings is 1. The lowest BCUT2D eigenvalue weighted by Gasteiger charge is -2.32. The van der Waals surface area contributed by atoms with Crippen LogP contribution in [0.3, 0.4) is 0 Å². The molecule has 0 aromatic heterocycles. The molecule has 2 amide bonds. The van der Waals surface area contributed by atoms with E-state index in [0.29, 0.717) is 35.9 Å². The van der Waals surface area contributed by atoms with Crippen molar-refractivity contribution in [2.24, 2.45) is 5.92 Å². The van der Waals surface area contributed by atoms with Crippen molar-refractivity contribution in [3.8, 4) is 11.8 Å². The molecule has 154 valence electrons. The molecular weight excluding hydrogens is 378 g/mol. The van der Waals surface area contributed by atoms with Gasteiger partial charge in [-0.05, 0) is 74.2 Å². The van der Waals surface area contributed by atoms with Crippen molar-refractivity contribution in [3.63, 3.8) is 0 Å². The molecule has 1 heterocycles. The second kappa shape index (κ2) is 9.00. The van der Waals surface area contributed by atoms with Gasteiger partial charge in [0.1, 0.15) is 5.75 Å². The van der Waals surface area contributed by atoms with E-state index in [4.69, 9.17) is 10.00 Å². The van der Waals surface area contributed by atoms with Crippen LogP contribution in [0, 0.1) is 17.2 Å². The Hall–Kier alpha value is -3.33. The Bertz CT molecular complexity index is 943. The summed E-state index contributed by atoms with van der Waals surface area (Å²) < 4.78 is 5.93. The lowest BCUT2D eigenvalue weighted by atomic mass is 9.98. The zero-order chi connectivity index (χ0) is 20.9. The van der Waals surface area contributed by atoms with Crippen molar-refractivity contribution in [1.82, 2.24) is 10.2 Å². The van der Waals surface area contributed by atoms with Crippen molar-refractivity contribution in [1.29, 1.82) is 5.26 Å². The van der Waals surface area contributed by atoms with Crippen LogP contribution in [0.1, 0.15) is 52.0 Å². The molecule has 2 aromatic carbocycles. The fourth-order valence-corrected chi connectivity index (χ4v) is 3.67. The normalized spacial score (nSPS) is 18.4. The second-order valence-corrected chi connectivity index (χ2v) is 8.03. The average molecular weight is 403 g/mol. The van der Waals surface area contributed by atoms with Crippen molar-refractivity contribution >= 4 is 11.8 Å². The molecule has 0 bridgehead atoms. The molecule has 30 heavy (non-hydrogen) atoms. The van der Waals surface area contributed by atoms with Crippen LogP contribution in [0.4, 0.5) is 0 Å². The largest absolute Gasteiger partial charge is 0.493 e. The number of hydrogen-bond donors (Lipinski definition) is 1. The average Bonchev–Trinajstić information content (AvgIpc) is 3.62. The highest BCUT2D eigenvalue weighted by Crippen LogP contribution is 2.22. The van der Waals surface area contributed by atoms with Crippen molar-refractivity contribution in [3.05, 3.63) is 65.2 Å². The van der Waals surface area contributed by atoms with Gasteiger partial charge in [0, 0.05) is 36.2 Å². The minimum Gasteiger partial charge on any atom is -0.493 e. The van der Waals surface area contributed by atoms with Crippen LogP contribution >= 0.6 is 0 Å². The van der Waals surface area contributed by atoms with Crippen molar-refractivity contribution in [2.75, 3.05) is 19.7 Å². The third-order valence-electron chi connectivity index (χ3n) is 5.58. The molecule has 2 aromatic rings. The Morgan fingerprint density at radius 3 is 2.40 bits per heavy atom. The van der Waals surface area contributed by atoms with Crippen LogP contribution in [-0.4, -0.2) is 42.5 Å². The third-order valence-corrected chi connectivity index (χ3v) is 5.58. The summed E-state index contributed by atoms with van der Waals surface area (Å²) in [6.45, 7) is 1.92. The monoisotopic (exact) mass is 403 g/mol. The van der Waals surface area contributed by atoms with Gasteiger partial charge in [-0.1, -0.05) is 0 Å². The summed E-state index contributed by atoms with van der Waals surface area (Å²) in [7, 11) is 0. The molecule has 4 rings (SSSR count). The molecule has 0 unspecified atom stereocenters. The van der Waals surface area contributed by atoms with E-state index >= 15 is 0 Å². The molecule has 1 N–H and O–H groups in total. The summed E-state index contributed by atoms with van der Waals surface area (Å²) in [5, 5.41) is 11.9. The van der Waals surface area contributed by atoms with Gasteiger partial charge in [0.2, 0.25) is 0 Å². The summed E-state index contributed by atoms with van der Waals surface area (Å²) in [5.41, 5.74) is 1.80. The summed E-state index contributed by atoms with van der Waals surface area (Å²) in [5.74, 6) is 0.955. The highest BCUT2D eigenvalue weighted by molar-refractivity contribution is 5.95. The van der Waals surface area contributed by atoms with E-state index < -0.39 is 0 Å². The molecule has 1 saturated heterocycles. The van der Waals surface area contributed by atoms with E-state index in [0.717, 1.165) is 38.0 Å². The van der Waals surface area contributed by atoms with E-state index in [1.54, 1.807) is 36.4 Å². The Morgan fingerprint density at radius 2 is 1.73 bits per heavy atom. The molecule has 6 heteroatoms. The Kier molecular flexibility index (Phi) is 5.99. The van der Waals surface area contributed by atoms with Crippen LogP contribution < -0.4 is 10.1 Å². The van der Waals surface area contributed by atoms with Crippen LogP contribution in [-0.2, 0) is 0 Å². The number of nitrogens with one attached hydrogen (secondary N) is 1. The van der Waals surface area contributed by atoms with E-state index in [9.17, 15) is 9.59 Å². The molecule has 2 aliphatic rings. The maximum Gasteiger partial charge on any atom is 0.253 e. The number of nitrogens with zero attached hydrogens (tertiary/aromatic N) is 2. The Morgan fingerprint density at radius 1 is 1.03 bits per heavy atom. The summed E-state index contributed by atoms with van der Waals surface area (Å²) in [6.07, 6.45) is 4.09. The number of ether oxygens (including phenoxy) is 1. The van der Waals surface area contributed by atoms with Gasteiger partial charge in [0.15, 0.2) is 0 Å². The minimum absolute atomic E-state index is 0.00443. The highest BCUT2D eigenvalue weighted by Gasteiger charge is 2.25. The quantitative estimate of drug-likeness (QED) is 0.802. The fraction of sp³-hybridized carbons (Fsp3) is 0.375. The Labute approximate surface area is 176 Å². The molecule has 1 aliphatic carbocycles. The zero-order valence-electron chi connectivity index (χ0n) is 16.8. The maximum atomic E-state index is 12.8. The topological polar surface area (TPSA) is 82.4 Å². The first kappa shape index (κ1) is 20.0. The molecular formula is C24H25N3O3. The predicted octanol–water partition coefficient (Wildman–Crippen LogP) is 3.38. The second-order valence-electron chi connectivity index (χ2n) is 8.03. The molecule has 6 nitrogen and oxygen atoms in total. The summed E-state index contributed by atoms with van der Waals surface area (Å²) >= 11 is 0. The van der Waals surface area contributed by atoms with Crippen LogP contribution in [0.15, 0.2) is 48.5 Å². The number of likely N-dealkylation sites (tertiary alicyclic amines) is 1. The number of rotatable bonds is 6. The first-order valence-electron chi connectivity index (χ1n) is 10.5. The zero-order valence-corrected chi connectivity index (χ0v) is 16.8. The van der Waals surface area contributed by atoms with Gasteiger partial charge in [-0.3, -0.25) is 9.59 Å². The Balaban J connectivity index is 1.28. The van der Waals surface area contributed by atoms with E-state index in [2.05, 4.69) is 11.4 Å². The summed E-state index contributed by atoms with van der Waals surface area (Å²) in [6, 6.07) is 16.4. The predicted molar refractivity (Wildman–Crippen MR) is 112 cm³/mol. The van der Waals surface area contributed by atoms with Gasteiger partial charge < -0.3 is 15.0 Å². The minimum atomic E-state index is -0.0340. The van der Waals surface area contributed by atoms with Gasteiger partial charge in [-0.25, -0.2) is 0 Å². The first-order valence-corrected chi connectivity index (χ1v) is 10.5. The number of benzene rings is 2. The van der Waals surface area contributed by atoms with Crippen LogP contribution in [0.25, 0.3) is 0 Å². The third kappa shape index (κ3) is 4.98. The number of carbonyl (C=O) groups is 2. The van der Waals surface area contributed by atoms with Gasteiger partial charge in [-0.15, -0.1) is 0 Å². The molecule has 0 spiro atoms. The van der Waals surface area contributed by atoms with Gasteiger partial charge in [-0.2, -0.15) is 5.26 Å². The molecule has 1 atom stereocenters. The van der Waals surface area contributed by atoms with Crippen molar-refractivity contribution < 1.29 is 14.3 Å². The number of amides is 2. The number of carbonyl (C=O) groups excluding carboxylic acids is 2. The molecule has 0 radical (unpaired) electrons. The van der Waals surface area contributed by atoms with Gasteiger partial charge >= 0.3 is 0 Å². The lowest BCUT2D eigenvalue weighted by molar-refractivity contribution is 0.0633. The van der Waals surface area contributed by atoms with Crippen LogP contribution in [0.2, 0.25) is 0 Å². The molecule has 2 fully saturated rings. The van der Waals surface area contributed by atoms with Crippen LogP contribution in [0.5, 0.6) is 5.75 Å². The highest BCUT2D eigenvalue weighted by atomic mass is 16.5. The smallest absolute Gasteiger partial charge is 0.253 e. The van der Waals surface area contributed by atoms with Gasteiger partial charge in [0.25, 0.3) is 11.8 Å². The first-order chi connectivity index (χ1) is 14.6.